The van der Waals surface area contributed by atoms with Crippen molar-refractivity contribution in [2.45, 2.75) is 38.8 Å². The molecule has 172 valence electrons. The van der Waals surface area contributed by atoms with E-state index in [1.165, 1.54) is 7.11 Å². The van der Waals surface area contributed by atoms with Gasteiger partial charge < -0.3 is 24.4 Å². The Balaban J connectivity index is 2.02. The van der Waals surface area contributed by atoms with Gasteiger partial charge in [0.25, 0.3) is 0 Å². The van der Waals surface area contributed by atoms with Crippen molar-refractivity contribution in [3.8, 4) is 11.5 Å². The molecule has 0 spiro atoms. The number of fused-ring (bicyclic) bond motifs is 1. The van der Waals surface area contributed by atoms with Gasteiger partial charge in [-0.25, -0.2) is 9.59 Å². The van der Waals surface area contributed by atoms with E-state index in [9.17, 15) is 9.59 Å². The third kappa shape index (κ3) is 4.66. The van der Waals surface area contributed by atoms with Gasteiger partial charge in [-0.15, -0.1) is 0 Å². The Morgan fingerprint density at radius 1 is 1.09 bits per heavy atom. The molecular formula is C25H32N2O5. The number of ether oxygens (including phenoxy) is 3. The van der Waals surface area contributed by atoms with Crippen LogP contribution in [0, 0.1) is 5.92 Å². The average Bonchev–Trinajstić information content (AvgIpc) is 2.84. The van der Waals surface area contributed by atoms with Crippen molar-refractivity contribution < 1.29 is 23.8 Å². The molecule has 7 nitrogen and oxygen atoms in total. The molecule has 7 heteroatoms. The molecule has 32 heavy (non-hydrogen) atoms. The zero-order valence-electron chi connectivity index (χ0n) is 19.4. The van der Waals surface area contributed by atoms with E-state index in [0.29, 0.717) is 24.5 Å². The molecular weight excluding hydrogens is 408 g/mol. The maximum absolute atomic E-state index is 13.5. The van der Waals surface area contributed by atoms with Gasteiger partial charge in [0.15, 0.2) is 11.5 Å². The molecule has 0 saturated heterocycles. The topological polar surface area (TPSA) is 77.1 Å². The summed E-state index contributed by atoms with van der Waals surface area (Å²) < 4.78 is 16.0. The van der Waals surface area contributed by atoms with Gasteiger partial charge in [-0.05, 0) is 41.2 Å². The minimum absolute atomic E-state index is 0.0528. The Hall–Kier alpha value is -3.22. The normalized spacial score (nSPS) is 17.0. The fourth-order valence-corrected chi connectivity index (χ4v) is 4.17. The van der Waals surface area contributed by atoms with Crippen LogP contribution in [0.15, 0.2) is 42.5 Å². The van der Waals surface area contributed by atoms with Crippen LogP contribution in [0.5, 0.6) is 11.5 Å². The van der Waals surface area contributed by atoms with Crippen LogP contribution in [-0.2, 0) is 16.0 Å². The Bertz CT molecular complexity index is 947. The summed E-state index contributed by atoms with van der Waals surface area (Å²) in [5.74, 6) is 0.788. The van der Waals surface area contributed by atoms with Crippen molar-refractivity contribution in [2.75, 3.05) is 27.9 Å². The lowest BCUT2D eigenvalue weighted by Crippen LogP contribution is -2.53. The van der Waals surface area contributed by atoms with Crippen LogP contribution in [0.3, 0.4) is 0 Å². The van der Waals surface area contributed by atoms with Gasteiger partial charge in [-0.1, -0.05) is 50.6 Å². The van der Waals surface area contributed by atoms with Gasteiger partial charge in [0.1, 0.15) is 6.04 Å². The summed E-state index contributed by atoms with van der Waals surface area (Å²) in [4.78, 5) is 27.6. The van der Waals surface area contributed by atoms with E-state index in [1.807, 2.05) is 56.3 Å². The minimum Gasteiger partial charge on any atom is -0.493 e. The van der Waals surface area contributed by atoms with Crippen LogP contribution in [-0.4, -0.2) is 50.8 Å². The van der Waals surface area contributed by atoms with Gasteiger partial charge in [-0.3, -0.25) is 0 Å². The Kier molecular flexibility index (Phi) is 7.62. The van der Waals surface area contributed by atoms with Crippen LogP contribution >= 0.6 is 0 Å². The van der Waals surface area contributed by atoms with E-state index < -0.39 is 12.0 Å². The molecule has 0 fully saturated rings. The highest BCUT2D eigenvalue weighted by Gasteiger charge is 2.36. The summed E-state index contributed by atoms with van der Waals surface area (Å²) in [5, 5.41) is 2.93. The summed E-state index contributed by atoms with van der Waals surface area (Å²) in [6.45, 7) is 4.41. The van der Waals surface area contributed by atoms with Crippen LogP contribution in [0.1, 0.15) is 43.0 Å². The monoisotopic (exact) mass is 440 g/mol. The molecule has 3 atom stereocenters. The standard InChI is InChI=1S/C25H32N2O5/c1-6-16(2)22(24(28)32-5)26-25(29)27-13-12-18-14-20(30-3)21(31-4)15-19(18)23(27)17-10-8-7-9-11-17/h7-11,14-16,22-23H,6,12-13H2,1-5H3,(H,26,29)/t16-,22+,23-/m1/s1. The van der Waals surface area contributed by atoms with Crippen LogP contribution in [0.25, 0.3) is 0 Å². The van der Waals surface area contributed by atoms with E-state index in [4.69, 9.17) is 14.2 Å². The zero-order valence-corrected chi connectivity index (χ0v) is 19.4. The molecule has 0 saturated carbocycles. The highest BCUT2D eigenvalue weighted by molar-refractivity contribution is 5.84. The second-order valence-corrected chi connectivity index (χ2v) is 8.00. The third-order valence-electron chi connectivity index (χ3n) is 6.20. The van der Waals surface area contributed by atoms with Gasteiger partial charge in [0.2, 0.25) is 0 Å². The van der Waals surface area contributed by atoms with Crippen LogP contribution in [0.4, 0.5) is 4.79 Å². The number of nitrogens with one attached hydrogen (secondary N) is 1. The van der Waals surface area contributed by atoms with Crippen molar-refractivity contribution in [2.24, 2.45) is 5.92 Å². The van der Waals surface area contributed by atoms with Gasteiger partial charge in [-0.2, -0.15) is 0 Å². The van der Waals surface area contributed by atoms with E-state index in [-0.39, 0.29) is 18.0 Å². The van der Waals surface area contributed by atoms with E-state index in [1.54, 1.807) is 19.1 Å². The predicted molar refractivity (Wildman–Crippen MR) is 122 cm³/mol. The SMILES string of the molecule is CC[C@@H](C)[C@H](NC(=O)N1CCc2cc(OC)c(OC)cc2[C@H]1c1ccccc1)C(=O)OC. The van der Waals surface area contributed by atoms with Crippen LogP contribution in [0.2, 0.25) is 0 Å². The van der Waals surface area contributed by atoms with Crippen molar-refractivity contribution in [1.82, 2.24) is 10.2 Å². The molecule has 0 aliphatic carbocycles. The number of amides is 2. The number of esters is 1. The number of rotatable bonds is 7. The van der Waals surface area contributed by atoms with Gasteiger partial charge in [0, 0.05) is 6.54 Å². The fourth-order valence-electron chi connectivity index (χ4n) is 4.17. The second-order valence-electron chi connectivity index (χ2n) is 8.00. The molecule has 1 aliphatic rings. The molecule has 1 heterocycles. The average molecular weight is 441 g/mol. The Morgan fingerprint density at radius 3 is 2.34 bits per heavy atom. The molecule has 0 unspecified atom stereocenters. The number of nitrogens with zero attached hydrogens (tertiary/aromatic N) is 1. The summed E-state index contributed by atoms with van der Waals surface area (Å²) in [7, 11) is 4.55. The van der Waals surface area contributed by atoms with E-state index in [2.05, 4.69) is 5.32 Å². The lowest BCUT2D eigenvalue weighted by Gasteiger charge is -2.39. The first-order chi connectivity index (χ1) is 15.4. The lowest BCUT2D eigenvalue weighted by molar-refractivity contribution is -0.144. The number of urea groups is 1. The maximum Gasteiger partial charge on any atom is 0.328 e. The number of hydrogen-bond acceptors (Lipinski definition) is 5. The van der Waals surface area contributed by atoms with Gasteiger partial charge in [0.05, 0.1) is 27.4 Å². The summed E-state index contributed by atoms with van der Waals surface area (Å²) >= 11 is 0. The number of carbonyl (C=O) groups excluding carboxylic acids is 2. The number of carbonyl (C=O) groups is 2. The third-order valence-corrected chi connectivity index (χ3v) is 6.20. The molecule has 0 radical (unpaired) electrons. The minimum atomic E-state index is -0.708. The van der Waals surface area contributed by atoms with Crippen molar-refractivity contribution in [1.29, 1.82) is 0 Å². The smallest absolute Gasteiger partial charge is 0.328 e. The second kappa shape index (κ2) is 10.4. The quantitative estimate of drug-likeness (QED) is 0.660. The molecule has 2 aromatic rings. The maximum atomic E-state index is 13.5. The largest absolute Gasteiger partial charge is 0.493 e. The fraction of sp³-hybridized carbons (Fsp3) is 0.440. The number of methoxy groups -OCH3 is 3. The van der Waals surface area contributed by atoms with Crippen molar-refractivity contribution in [3.05, 3.63) is 59.2 Å². The van der Waals surface area contributed by atoms with Crippen molar-refractivity contribution in [3.63, 3.8) is 0 Å². The Morgan fingerprint density at radius 2 is 1.75 bits per heavy atom. The summed E-state index contributed by atoms with van der Waals surface area (Å²) in [6.07, 6.45) is 1.40. The Labute approximate surface area is 189 Å². The first-order valence-electron chi connectivity index (χ1n) is 10.9. The number of hydrogen-bond donors (Lipinski definition) is 1. The molecule has 1 aliphatic heterocycles. The zero-order chi connectivity index (χ0) is 23.3. The molecule has 0 bridgehead atoms. The first kappa shape index (κ1) is 23.4. The highest BCUT2D eigenvalue weighted by atomic mass is 16.5. The molecule has 2 amide bonds. The molecule has 2 aromatic carbocycles. The molecule has 0 aromatic heterocycles. The van der Waals surface area contributed by atoms with E-state index >= 15 is 0 Å². The van der Waals surface area contributed by atoms with Crippen molar-refractivity contribution >= 4 is 12.0 Å². The van der Waals surface area contributed by atoms with Crippen LogP contribution < -0.4 is 14.8 Å². The first-order valence-corrected chi connectivity index (χ1v) is 10.9. The lowest BCUT2D eigenvalue weighted by atomic mass is 9.87. The van der Waals surface area contributed by atoms with E-state index in [0.717, 1.165) is 23.1 Å². The van der Waals surface area contributed by atoms with Gasteiger partial charge >= 0.3 is 12.0 Å². The predicted octanol–water partition coefficient (Wildman–Crippen LogP) is 3.95. The highest BCUT2D eigenvalue weighted by Crippen LogP contribution is 2.41. The molecule has 3 rings (SSSR count). The number of benzene rings is 2. The summed E-state index contributed by atoms with van der Waals surface area (Å²) in [5.41, 5.74) is 3.06. The summed E-state index contributed by atoms with van der Waals surface area (Å²) in [6, 6.07) is 12.5. The molecule has 1 N–H and O–H groups in total.